The van der Waals surface area contributed by atoms with Crippen molar-refractivity contribution in [3.8, 4) is 0 Å². The summed E-state index contributed by atoms with van der Waals surface area (Å²) in [6, 6.07) is 0.506. The minimum atomic E-state index is 0.0304. The van der Waals surface area contributed by atoms with Crippen molar-refractivity contribution in [3.63, 3.8) is 0 Å². The maximum atomic E-state index is 6.14. The molecule has 5 heteroatoms. The zero-order chi connectivity index (χ0) is 15.4. The highest BCUT2D eigenvalue weighted by molar-refractivity contribution is 4.89. The van der Waals surface area contributed by atoms with E-state index in [4.69, 9.17) is 18.9 Å². The monoisotopic (exact) mass is 303 g/mol. The molecule has 126 valence electrons. The highest BCUT2D eigenvalue weighted by Gasteiger charge is 2.34. The van der Waals surface area contributed by atoms with Crippen molar-refractivity contribution in [2.75, 3.05) is 53.3 Å². The molecule has 5 nitrogen and oxygen atoms in total. The van der Waals surface area contributed by atoms with Gasteiger partial charge in [-0.1, -0.05) is 26.7 Å². The van der Waals surface area contributed by atoms with E-state index in [1.54, 1.807) is 7.11 Å². The Morgan fingerprint density at radius 1 is 0.905 bits per heavy atom. The standard InChI is InChI=1S/C16H33NO4/c1-15(2)17-14-16(6-4-5-7-16)21-13-12-20-11-10-19-9-8-18-3/h15,17H,4-14H2,1-3H3. The zero-order valence-corrected chi connectivity index (χ0v) is 14.0. The third-order valence-electron chi connectivity index (χ3n) is 3.79. The first-order valence-corrected chi connectivity index (χ1v) is 8.20. The molecule has 0 aromatic rings. The summed E-state index contributed by atoms with van der Waals surface area (Å²) in [7, 11) is 1.67. The summed E-state index contributed by atoms with van der Waals surface area (Å²) >= 11 is 0. The van der Waals surface area contributed by atoms with E-state index in [0.717, 1.165) is 19.4 Å². The lowest BCUT2D eigenvalue weighted by molar-refractivity contribution is -0.0685. The molecule has 0 aromatic carbocycles. The Morgan fingerprint density at radius 3 is 2.05 bits per heavy atom. The molecule has 1 aliphatic carbocycles. The Labute approximate surface area is 129 Å². The molecule has 1 N–H and O–H groups in total. The molecule has 0 heterocycles. The fourth-order valence-electron chi connectivity index (χ4n) is 2.56. The van der Waals surface area contributed by atoms with E-state index in [9.17, 15) is 0 Å². The van der Waals surface area contributed by atoms with E-state index >= 15 is 0 Å². The van der Waals surface area contributed by atoms with Crippen LogP contribution in [-0.4, -0.2) is 64.9 Å². The Balaban J connectivity index is 2.03. The molecule has 0 amide bonds. The van der Waals surface area contributed by atoms with Crippen molar-refractivity contribution in [2.24, 2.45) is 0 Å². The van der Waals surface area contributed by atoms with Gasteiger partial charge in [0, 0.05) is 19.7 Å². The molecular formula is C16H33NO4. The van der Waals surface area contributed by atoms with Gasteiger partial charge in [0.25, 0.3) is 0 Å². The van der Waals surface area contributed by atoms with Gasteiger partial charge in [-0.3, -0.25) is 0 Å². The first-order chi connectivity index (χ1) is 10.2. The number of rotatable bonds is 13. The molecule has 0 bridgehead atoms. The number of hydrogen-bond acceptors (Lipinski definition) is 5. The minimum Gasteiger partial charge on any atom is -0.382 e. The van der Waals surface area contributed by atoms with E-state index < -0.39 is 0 Å². The Kier molecular flexibility index (Phi) is 10.2. The summed E-state index contributed by atoms with van der Waals surface area (Å²) in [5, 5.41) is 3.51. The maximum absolute atomic E-state index is 6.14. The van der Waals surface area contributed by atoms with Crippen molar-refractivity contribution < 1.29 is 18.9 Å². The van der Waals surface area contributed by atoms with E-state index in [0.29, 0.717) is 45.7 Å². The number of ether oxygens (including phenoxy) is 4. The average molecular weight is 303 g/mol. The molecule has 0 unspecified atom stereocenters. The Morgan fingerprint density at radius 2 is 1.48 bits per heavy atom. The van der Waals surface area contributed by atoms with Crippen LogP contribution in [0.25, 0.3) is 0 Å². The topological polar surface area (TPSA) is 49.0 Å². The van der Waals surface area contributed by atoms with Crippen LogP contribution in [0.4, 0.5) is 0 Å². The van der Waals surface area contributed by atoms with Gasteiger partial charge in [0.2, 0.25) is 0 Å². The predicted octanol–water partition coefficient (Wildman–Crippen LogP) is 1.99. The molecule has 21 heavy (non-hydrogen) atoms. The van der Waals surface area contributed by atoms with Crippen molar-refractivity contribution >= 4 is 0 Å². The maximum Gasteiger partial charge on any atom is 0.0807 e. The largest absolute Gasteiger partial charge is 0.382 e. The molecular weight excluding hydrogens is 270 g/mol. The predicted molar refractivity (Wildman–Crippen MR) is 83.8 cm³/mol. The van der Waals surface area contributed by atoms with Crippen LogP contribution in [0.1, 0.15) is 39.5 Å². The van der Waals surface area contributed by atoms with Crippen LogP contribution >= 0.6 is 0 Å². The molecule has 0 saturated heterocycles. The smallest absolute Gasteiger partial charge is 0.0807 e. The normalized spacial score (nSPS) is 17.7. The van der Waals surface area contributed by atoms with Gasteiger partial charge >= 0.3 is 0 Å². The van der Waals surface area contributed by atoms with Crippen LogP contribution < -0.4 is 5.32 Å². The Hall–Kier alpha value is -0.200. The average Bonchev–Trinajstić information content (AvgIpc) is 2.93. The molecule has 0 atom stereocenters. The van der Waals surface area contributed by atoms with Gasteiger partial charge in [0.1, 0.15) is 0 Å². The second-order valence-electron chi connectivity index (χ2n) is 5.99. The molecule has 1 aliphatic rings. The van der Waals surface area contributed by atoms with Crippen molar-refractivity contribution in [3.05, 3.63) is 0 Å². The van der Waals surface area contributed by atoms with Crippen molar-refractivity contribution in [1.29, 1.82) is 0 Å². The van der Waals surface area contributed by atoms with E-state index in [-0.39, 0.29) is 5.60 Å². The van der Waals surface area contributed by atoms with Gasteiger partial charge in [-0.15, -0.1) is 0 Å². The summed E-state index contributed by atoms with van der Waals surface area (Å²) in [5.74, 6) is 0. The molecule has 0 aromatic heterocycles. The van der Waals surface area contributed by atoms with E-state index in [2.05, 4.69) is 19.2 Å². The summed E-state index contributed by atoms with van der Waals surface area (Å²) in [4.78, 5) is 0. The highest BCUT2D eigenvalue weighted by atomic mass is 16.6. The number of nitrogens with one attached hydrogen (secondary N) is 1. The number of methoxy groups -OCH3 is 1. The van der Waals surface area contributed by atoms with Crippen LogP contribution in [0.3, 0.4) is 0 Å². The van der Waals surface area contributed by atoms with E-state index in [1.165, 1.54) is 12.8 Å². The third-order valence-corrected chi connectivity index (χ3v) is 3.79. The first-order valence-electron chi connectivity index (χ1n) is 8.20. The van der Waals surface area contributed by atoms with Crippen molar-refractivity contribution in [1.82, 2.24) is 5.32 Å². The van der Waals surface area contributed by atoms with Gasteiger partial charge in [0.05, 0.1) is 45.2 Å². The molecule has 1 rings (SSSR count). The molecule has 1 saturated carbocycles. The lowest BCUT2D eigenvalue weighted by Gasteiger charge is -2.30. The fraction of sp³-hybridized carbons (Fsp3) is 1.00. The van der Waals surface area contributed by atoms with Gasteiger partial charge in [0.15, 0.2) is 0 Å². The van der Waals surface area contributed by atoms with E-state index in [1.807, 2.05) is 0 Å². The van der Waals surface area contributed by atoms with Gasteiger partial charge in [-0.25, -0.2) is 0 Å². The highest BCUT2D eigenvalue weighted by Crippen LogP contribution is 2.32. The lowest BCUT2D eigenvalue weighted by atomic mass is 10.0. The zero-order valence-electron chi connectivity index (χ0n) is 14.0. The second kappa shape index (κ2) is 11.4. The van der Waals surface area contributed by atoms with Gasteiger partial charge < -0.3 is 24.3 Å². The Bertz CT molecular complexity index is 242. The van der Waals surface area contributed by atoms with Gasteiger partial charge in [-0.05, 0) is 12.8 Å². The minimum absolute atomic E-state index is 0.0304. The van der Waals surface area contributed by atoms with Crippen LogP contribution in [0.5, 0.6) is 0 Å². The van der Waals surface area contributed by atoms with Crippen LogP contribution in [0.15, 0.2) is 0 Å². The van der Waals surface area contributed by atoms with Crippen LogP contribution in [-0.2, 0) is 18.9 Å². The molecule has 0 radical (unpaired) electrons. The fourth-order valence-corrected chi connectivity index (χ4v) is 2.56. The summed E-state index contributed by atoms with van der Waals surface area (Å²) in [6.45, 7) is 9.09. The SMILES string of the molecule is COCCOCCOCCOC1(CNC(C)C)CCCC1. The molecule has 0 spiro atoms. The van der Waals surface area contributed by atoms with Crippen molar-refractivity contribution in [2.45, 2.75) is 51.2 Å². The molecule has 0 aliphatic heterocycles. The number of hydrogen-bond donors (Lipinski definition) is 1. The quantitative estimate of drug-likeness (QED) is 0.527. The van der Waals surface area contributed by atoms with Crippen LogP contribution in [0.2, 0.25) is 0 Å². The second-order valence-corrected chi connectivity index (χ2v) is 5.99. The lowest BCUT2D eigenvalue weighted by Crippen LogP contribution is -2.43. The summed E-state index contributed by atoms with van der Waals surface area (Å²) < 4.78 is 21.9. The van der Waals surface area contributed by atoms with Gasteiger partial charge in [-0.2, -0.15) is 0 Å². The molecule has 1 fully saturated rings. The summed E-state index contributed by atoms with van der Waals surface area (Å²) in [6.07, 6.45) is 4.86. The summed E-state index contributed by atoms with van der Waals surface area (Å²) in [5.41, 5.74) is 0.0304. The third kappa shape index (κ3) is 8.73. The first kappa shape index (κ1) is 18.8. The van der Waals surface area contributed by atoms with Crippen LogP contribution in [0, 0.1) is 0 Å².